The van der Waals surface area contributed by atoms with Crippen LogP contribution in [0.25, 0.3) is 0 Å². The van der Waals surface area contributed by atoms with E-state index >= 15 is 0 Å². The van der Waals surface area contributed by atoms with Crippen molar-refractivity contribution >= 4 is 11.3 Å². The first-order valence-electron chi connectivity index (χ1n) is 5.34. The van der Waals surface area contributed by atoms with Crippen LogP contribution in [0.2, 0.25) is 0 Å². The van der Waals surface area contributed by atoms with Crippen molar-refractivity contribution in [3.05, 3.63) is 10.0 Å². The molecule has 15 heavy (non-hydrogen) atoms. The van der Waals surface area contributed by atoms with Gasteiger partial charge >= 0.3 is 0 Å². The molecular weight excluding hydrogens is 210 g/mol. The number of hydrogen-bond acceptors (Lipinski definition) is 5. The highest BCUT2D eigenvalue weighted by Gasteiger charge is 2.04. The number of aromatic nitrogens is 2. The molecule has 0 aromatic carbocycles. The normalized spacial score (nSPS) is 11.2. The number of nitrogens with one attached hydrogen (secondary N) is 1. The molecule has 1 aromatic rings. The molecule has 0 aliphatic heterocycles. The Morgan fingerprint density at radius 2 is 2.07 bits per heavy atom. The SMILES string of the molecule is CCOCCc1nnc(CNC(C)C)s1. The molecule has 0 unspecified atom stereocenters. The summed E-state index contributed by atoms with van der Waals surface area (Å²) < 4.78 is 5.27. The summed E-state index contributed by atoms with van der Waals surface area (Å²) in [6.45, 7) is 8.55. The smallest absolute Gasteiger partial charge is 0.131 e. The molecule has 0 amide bonds. The summed E-state index contributed by atoms with van der Waals surface area (Å²) in [6, 6.07) is 0.487. The van der Waals surface area contributed by atoms with Crippen LogP contribution in [0.3, 0.4) is 0 Å². The number of ether oxygens (including phenoxy) is 1. The van der Waals surface area contributed by atoms with Crippen LogP contribution in [0.5, 0.6) is 0 Å². The minimum atomic E-state index is 0.487. The third-order valence-corrected chi connectivity index (χ3v) is 2.82. The first-order valence-corrected chi connectivity index (χ1v) is 6.16. The van der Waals surface area contributed by atoms with Gasteiger partial charge in [0, 0.05) is 25.6 Å². The maximum atomic E-state index is 5.27. The number of rotatable bonds is 7. The summed E-state index contributed by atoms with van der Waals surface area (Å²) in [5.41, 5.74) is 0. The standard InChI is InChI=1S/C10H19N3OS/c1-4-14-6-5-9-12-13-10(15-9)7-11-8(2)3/h8,11H,4-7H2,1-3H3. The molecule has 1 heterocycles. The van der Waals surface area contributed by atoms with E-state index in [0.717, 1.165) is 36.2 Å². The average Bonchev–Trinajstić information content (AvgIpc) is 2.63. The Hall–Kier alpha value is -0.520. The lowest BCUT2D eigenvalue weighted by Crippen LogP contribution is -2.21. The van der Waals surface area contributed by atoms with Crippen molar-refractivity contribution in [1.29, 1.82) is 0 Å². The lowest BCUT2D eigenvalue weighted by molar-refractivity contribution is 0.150. The second kappa shape index (κ2) is 6.87. The van der Waals surface area contributed by atoms with Gasteiger partial charge in [0.25, 0.3) is 0 Å². The third kappa shape index (κ3) is 5.20. The Labute approximate surface area is 95.1 Å². The molecule has 1 aromatic heterocycles. The molecule has 0 fully saturated rings. The largest absolute Gasteiger partial charge is 0.381 e. The lowest BCUT2D eigenvalue weighted by atomic mass is 10.4. The van der Waals surface area contributed by atoms with E-state index in [0.29, 0.717) is 6.04 Å². The molecule has 0 saturated heterocycles. The van der Waals surface area contributed by atoms with Gasteiger partial charge in [-0.05, 0) is 6.92 Å². The predicted molar refractivity (Wildman–Crippen MR) is 62.1 cm³/mol. The highest BCUT2D eigenvalue weighted by molar-refractivity contribution is 7.11. The molecule has 0 aliphatic carbocycles. The zero-order valence-corrected chi connectivity index (χ0v) is 10.4. The minimum Gasteiger partial charge on any atom is -0.381 e. The Balaban J connectivity index is 2.29. The van der Waals surface area contributed by atoms with E-state index < -0.39 is 0 Å². The molecule has 1 N–H and O–H groups in total. The fraction of sp³-hybridized carbons (Fsp3) is 0.800. The van der Waals surface area contributed by atoms with Crippen molar-refractivity contribution in [1.82, 2.24) is 15.5 Å². The zero-order valence-electron chi connectivity index (χ0n) is 9.62. The Morgan fingerprint density at radius 3 is 2.73 bits per heavy atom. The molecule has 0 radical (unpaired) electrons. The Bertz CT molecular complexity index is 275. The topological polar surface area (TPSA) is 47.0 Å². The van der Waals surface area contributed by atoms with Crippen molar-refractivity contribution in [2.45, 2.75) is 39.8 Å². The van der Waals surface area contributed by atoms with E-state index in [1.165, 1.54) is 0 Å². The van der Waals surface area contributed by atoms with Crippen molar-refractivity contribution < 1.29 is 4.74 Å². The molecule has 5 heteroatoms. The molecule has 0 spiro atoms. The lowest BCUT2D eigenvalue weighted by Gasteiger charge is -2.03. The summed E-state index contributed by atoms with van der Waals surface area (Å²) in [7, 11) is 0. The molecule has 0 saturated carbocycles. The molecule has 86 valence electrons. The summed E-state index contributed by atoms with van der Waals surface area (Å²) in [6.07, 6.45) is 0.868. The van der Waals surface area contributed by atoms with E-state index in [1.807, 2.05) is 6.92 Å². The van der Waals surface area contributed by atoms with Gasteiger partial charge in [-0.3, -0.25) is 0 Å². The van der Waals surface area contributed by atoms with Crippen LogP contribution in [0.15, 0.2) is 0 Å². The first kappa shape index (κ1) is 12.5. The van der Waals surface area contributed by atoms with Gasteiger partial charge in [-0.2, -0.15) is 0 Å². The summed E-state index contributed by atoms with van der Waals surface area (Å²) in [5, 5.41) is 13.7. The molecule has 0 atom stereocenters. The quantitative estimate of drug-likeness (QED) is 0.722. The van der Waals surface area contributed by atoms with E-state index in [9.17, 15) is 0 Å². The van der Waals surface area contributed by atoms with Crippen LogP contribution >= 0.6 is 11.3 Å². The minimum absolute atomic E-state index is 0.487. The highest BCUT2D eigenvalue weighted by Crippen LogP contribution is 2.10. The third-order valence-electron chi connectivity index (χ3n) is 1.83. The van der Waals surface area contributed by atoms with Gasteiger partial charge in [-0.1, -0.05) is 13.8 Å². The number of hydrogen-bond donors (Lipinski definition) is 1. The summed E-state index contributed by atoms with van der Waals surface area (Å²) in [5.74, 6) is 0. The molecule has 1 rings (SSSR count). The molecular formula is C10H19N3OS. The summed E-state index contributed by atoms with van der Waals surface area (Å²) >= 11 is 1.66. The fourth-order valence-electron chi connectivity index (χ4n) is 1.06. The van der Waals surface area contributed by atoms with Gasteiger partial charge in [-0.15, -0.1) is 21.5 Å². The Morgan fingerprint density at radius 1 is 1.33 bits per heavy atom. The van der Waals surface area contributed by atoms with Crippen LogP contribution < -0.4 is 5.32 Å². The van der Waals surface area contributed by atoms with E-state index in [-0.39, 0.29) is 0 Å². The van der Waals surface area contributed by atoms with Crippen LogP contribution in [-0.2, 0) is 17.7 Å². The second-order valence-electron chi connectivity index (χ2n) is 3.57. The van der Waals surface area contributed by atoms with Crippen LogP contribution in [0.1, 0.15) is 30.8 Å². The fourth-order valence-corrected chi connectivity index (χ4v) is 1.83. The van der Waals surface area contributed by atoms with Gasteiger partial charge in [0.05, 0.1) is 6.61 Å². The van der Waals surface area contributed by atoms with Gasteiger partial charge in [0.2, 0.25) is 0 Å². The van der Waals surface area contributed by atoms with Crippen molar-refractivity contribution in [2.24, 2.45) is 0 Å². The van der Waals surface area contributed by atoms with Crippen LogP contribution in [-0.4, -0.2) is 29.5 Å². The molecule has 4 nitrogen and oxygen atoms in total. The second-order valence-corrected chi connectivity index (χ2v) is 4.72. The summed E-state index contributed by atoms with van der Waals surface area (Å²) in [4.78, 5) is 0. The predicted octanol–water partition coefficient (Wildman–Crippen LogP) is 1.62. The molecule has 0 aliphatic rings. The van der Waals surface area contributed by atoms with Crippen molar-refractivity contribution in [2.75, 3.05) is 13.2 Å². The van der Waals surface area contributed by atoms with E-state index in [4.69, 9.17) is 4.74 Å². The monoisotopic (exact) mass is 229 g/mol. The van der Waals surface area contributed by atoms with Crippen LogP contribution in [0.4, 0.5) is 0 Å². The van der Waals surface area contributed by atoms with E-state index in [1.54, 1.807) is 11.3 Å². The van der Waals surface area contributed by atoms with Crippen molar-refractivity contribution in [3.63, 3.8) is 0 Å². The first-order chi connectivity index (χ1) is 7.22. The Kier molecular flexibility index (Phi) is 5.75. The maximum absolute atomic E-state index is 5.27. The average molecular weight is 229 g/mol. The van der Waals surface area contributed by atoms with Gasteiger partial charge in [0.1, 0.15) is 10.0 Å². The van der Waals surface area contributed by atoms with E-state index in [2.05, 4.69) is 29.4 Å². The van der Waals surface area contributed by atoms with Gasteiger partial charge < -0.3 is 10.1 Å². The highest BCUT2D eigenvalue weighted by atomic mass is 32.1. The zero-order chi connectivity index (χ0) is 11.1. The molecule has 0 bridgehead atoms. The van der Waals surface area contributed by atoms with Gasteiger partial charge in [-0.25, -0.2) is 0 Å². The van der Waals surface area contributed by atoms with Gasteiger partial charge in [0.15, 0.2) is 0 Å². The van der Waals surface area contributed by atoms with Crippen LogP contribution in [0, 0.1) is 0 Å². The van der Waals surface area contributed by atoms with Crippen molar-refractivity contribution in [3.8, 4) is 0 Å². The maximum Gasteiger partial charge on any atom is 0.131 e. The number of nitrogens with zero attached hydrogens (tertiary/aromatic N) is 2.